The first-order valence-electron chi connectivity index (χ1n) is 6.12. The van der Waals surface area contributed by atoms with E-state index in [1.165, 1.54) is 6.21 Å². The molecule has 0 fully saturated rings. The van der Waals surface area contributed by atoms with Crippen molar-refractivity contribution in [3.63, 3.8) is 0 Å². The predicted molar refractivity (Wildman–Crippen MR) is 85.2 cm³/mol. The van der Waals surface area contributed by atoms with Crippen LogP contribution in [-0.4, -0.2) is 17.9 Å². The number of alkyl halides is 2. The van der Waals surface area contributed by atoms with Gasteiger partial charge in [0.1, 0.15) is 11.5 Å². The second-order valence-corrected chi connectivity index (χ2v) is 5.89. The van der Waals surface area contributed by atoms with Crippen molar-refractivity contribution in [1.29, 1.82) is 0 Å². The largest absolute Gasteiger partial charge is 0.459 e. The van der Waals surface area contributed by atoms with E-state index < -0.39 is 5.76 Å². The molecule has 0 aliphatic rings. The summed E-state index contributed by atoms with van der Waals surface area (Å²) in [5, 5.41) is 3.77. The number of nitrogens with one attached hydrogen (secondary N) is 1. The number of carbonyl (C=O) groups excluding carboxylic acids is 1. The van der Waals surface area contributed by atoms with Gasteiger partial charge >= 0.3 is 0 Å². The highest BCUT2D eigenvalue weighted by Gasteiger charge is 2.08. The highest BCUT2D eigenvalue weighted by molar-refractivity contribution is 9.10. The summed E-state index contributed by atoms with van der Waals surface area (Å²) in [6.07, 6.45) is 1.31. The molecule has 2 rings (SSSR count). The quantitative estimate of drug-likeness (QED) is 0.593. The Morgan fingerprint density at radius 1 is 1.36 bits per heavy atom. The minimum Gasteiger partial charge on any atom is -0.459 e. The molecule has 0 aliphatic heterocycles. The number of halogens is 3. The van der Waals surface area contributed by atoms with Crippen molar-refractivity contribution in [2.75, 3.05) is 0 Å². The maximum atomic E-state index is 12.1. The molecule has 0 saturated carbocycles. The highest BCUT2D eigenvalue weighted by atomic mass is 79.9. The Kier molecular flexibility index (Phi) is 6.14. The second kappa shape index (κ2) is 8.09. The normalized spacial score (nSPS) is 11.3. The molecule has 1 amide bonds. The van der Waals surface area contributed by atoms with Crippen LogP contribution >= 0.6 is 27.7 Å². The average molecular weight is 389 g/mol. The van der Waals surface area contributed by atoms with Crippen molar-refractivity contribution in [3.05, 3.63) is 58.0 Å². The van der Waals surface area contributed by atoms with Gasteiger partial charge in [-0.25, -0.2) is 5.43 Å². The molecule has 1 heterocycles. The standard InChI is InChI=1S/C14H11BrF2N2O2S/c15-12-4-2-1-3-11(12)13(20)19-18-7-9-5-6-10(21-9)8-22-14(16)17/h1-7,14H,8H2,(H,19,20)/b18-7-. The van der Waals surface area contributed by atoms with E-state index in [4.69, 9.17) is 4.42 Å². The molecule has 22 heavy (non-hydrogen) atoms. The van der Waals surface area contributed by atoms with E-state index in [1.54, 1.807) is 36.4 Å². The van der Waals surface area contributed by atoms with Gasteiger partial charge in [0, 0.05) is 4.47 Å². The lowest BCUT2D eigenvalue weighted by Gasteiger charge is -2.01. The SMILES string of the molecule is O=C(N/N=C\c1ccc(CSC(F)F)o1)c1ccccc1Br. The predicted octanol–water partition coefficient (Wildman–Crippen LogP) is 4.26. The molecule has 0 bridgehead atoms. The van der Waals surface area contributed by atoms with Gasteiger partial charge in [0.2, 0.25) is 0 Å². The Hall–Kier alpha value is -1.67. The van der Waals surface area contributed by atoms with E-state index in [-0.39, 0.29) is 11.7 Å². The van der Waals surface area contributed by atoms with Crippen LogP contribution in [0, 0.1) is 0 Å². The number of hydrazone groups is 1. The van der Waals surface area contributed by atoms with Gasteiger partial charge in [-0.15, -0.1) is 0 Å². The van der Waals surface area contributed by atoms with Gasteiger partial charge in [-0.2, -0.15) is 13.9 Å². The summed E-state index contributed by atoms with van der Waals surface area (Å²) in [6, 6.07) is 10.1. The number of hydrogen-bond donors (Lipinski definition) is 1. The molecule has 0 atom stereocenters. The van der Waals surface area contributed by atoms with Gasteiger partial charge in [0.25, 0.3) is 11.7 Å². The van der Waals surface area contributed by atoms with Crippen molar-refractivity contribution >= 4 is 39.8 Å². The first kappa shape index (κ1) is 16.7. The lowest BCUT2D eigenvalue weighted by atomic mass is 10.2. The van der Waals surface area contributed by atoms with Gasteiger partial charge in [0.05, 0.1) is 17.5 Å². The molecular weight excluding hydrogens is 378 g/mol. The molecule has 0 unspecified atom stereocenters. The van der Waals surface area contributed by atoms with Crippen molar-refractivity contribution in [2.24, 2.45) is 5.10 Å². The molecule has 116 valence electrons. The number of carbonyl (C=O) groups is 1. The second-order valence-electron chi connectivity index (χ2n) is 4.05. The average Bonchev–Trinajstić information content (AvgIpc) is 2.93. The number of amides is 1. The van der Waals surface area contributed by atoms with Gasteiger partial charge in [-0.1, -0.05) is 23.9 Å². The number of thioether (sulfide) groups is 1. The Labute approximate surface area is 138 Å². The molecule has 1 aromatic heterocycles. The lowest BCUT2D eigenvalue weighted by molar-refractivity contribution is 0.0954. The highest BCUT2D eigenvalue weighted by Crippen LogP contribution is 2.20. The first-order valence-corrected chi connectivity index (χ1v) is 7.97. The molecule has 4 nitrogen and oxygen atoms in total. The summed E-state index contributed by atoms with van der Waals surface area (Å²) in [6.45, 7) is 0. The van der Waals surface area contributed by atoms with Crippen molar-refractivity contribution in [2.45, 2.75) is 11.5 Å². The van der Waals surface area contributed by atoms with E-state index >= 15 is 0 Å². The van der Waals surface area contributed by atoms with Crippen molar-refractivity contribution < 1.29 is 18.0 Å². The maximum Gasteiger partial charge on any atom is 0.284 e. The molecule has 1 N–H and O–H groups in total. The van der Waals surface area contributed by atoms with E-state index in [9.17, 15) is 13.6 Å². The van der Waals surface area contributed by atoms with Crippen LogP contribution < -0.4 is 5.43 Å². The number of rotatable bonds is 6. The van der Waals surface area contributed by atoms with Crippen LogP contribution in [0.2, 0.25) is 0 Å². The Balaban J connectivity index is 1.90. The molecule has 0 radical (unpaired) electrons. The fourth-order valence-electron chi connectivity index (χ4n) is 1.55. The zero-order valence-electron chi connectivity index (χ0n) is 11.1. The van der Waals surface area contributed by atoms with E-state index in [0.717, 1.165) is 0 Å². The van der Waals surface area contributed by atoms with Gasteiger partial charge < -0.3 is 4.42 Å². The van der Waals surface area contributed by atoms with Crippen LogP contribution in [-0.2, 0) is 5.75 Å². The molecule has 8 heteroatoms. The van der Waals surface area contributed by atoms with Crippen LogP contribution in [0.15, 0.2) is 50.4 Å². The molecular formula is C14H11BrF2N2O2S. The summed E-state index contributed by atoms with van der Waals surface area (Å²) < 4.78 is 30.1. The summed E-state index contributed by atoms with van der Waals surface area (Å²) in [7, 11) is 0. The molecule has 1 aromatic carbocycles. The third-order valence-electron chi connectivity index (χ3n) is 2.51. The van der Waals surface area contributed by atoms with E-state index in [0.29, 0.717) is 33.3 Å². The first-order chi connectivity index (χ1) is 10.6. The minimum absolute atomic E-state index is 0.0782. The third kappa shape index (κ3) is 4.96. The molecule has 0 aliphatic carbocycles. The fraction of sp³-hybridized carbons (Fsp3) is 0.143. The van der Waals surface area contributed by atoms with Gasteiger partial charge in [-0.05, 0) is 40.2 Å². The Morgan fingerprint density at radius 2 is 2.14 bits per heavy atom. The van der Waals surface area contributed by atoms with Crippen molar-refractivity contribution in [3.8, 4) is 0 Å². The zero-order chi connectivity index (χ0) is 15.9. The molecule has 2 aromatic rings. The zero-order valence-corrected chi connectivity index (χ0v) is 13.5. The number of benzene rings is 1. The summed E-state index contributed by atoms with van der Waals surface area (Å²) in [4.78, 5) is 11.9. The van der Waals surface area contributed by atoms with E-state index in [1.807, 2.05) is 0 Å². The van der Waals surface area contributed by atoms with Crippen LogP contribution in [0.25, 0.3) is 0 Å². The minimum atomic E-state index is -2.44. The Morgan fingerprint density at radius 3 is 2.86 bits per heavy atom. The third-order valence-corrected chi connectivity index (χ3v) is 3.91. The van der Waals surface area contributed by atoms with Gasteiger partial charge in [-0.3, -0.25) is 4.79 Å². The molecule has 0 saturated heterocycles. The van der Waals surface area contributed by atoms with Crippen molar-refractivity contribution in [1.82, 2.24) is 5.43 Å². The lowest BCUT2D eigenvalue weighted by Crippen LogP contribution is -2.17. The summed E-state index contributed by atoms with van der Waals surface area (Å²) in [5.74, 6) is -1.94. The smallest absolute Gasteiger partial charge is 0.284 e. The van der Waals surface area contributed by atoms with Crippen LogP contribution in [0.4, 0.5) is 8.78 Å². The van der Waals surface area contributed by atoms with Gasteiger partial charge in [0.15, 0.2) is 0 Å². The molecule has 0 spiro atoms. The van der Waals surface area contributed by atoms with Crippen LogP contribution in [0.1, 0.15) is 21.9 Å². The van der Waals surface area contributed by atoms with Crippen LogP contribution in [0.5, 0.6) is 0 Å². The van der Waals surface area contributed by atoms with E-state index in [2.05, 4.69) is 26.5 Å². The number of hydrogen-bond acceptors (Lipinski definition) is 4. The summed E-state index contributed by atoms with van der Waals surface area (Å²) >= 11 is 3.75. The Bertz CT molecular complexity index is 676. The number of furan rings is 1. The summed E-state index contributed by atoms with van der Waals surface area (Å²) in [5.41, 5.74) is 2.82. The fourth-order valence-corrected chi connectivity index (χ4v) is 2.46. The van der Waals surface area contributed by atoms with Crippen LogP contribution in [0.3, 0.4) is 0 Å². The monoisotopic (exact) mass is 388 g/mol. The maximum absolute atomic E-state index is 12.1. The topological polar surface area (TPSA) is 54.6 Å². The number of nitrogens with zero attached hydrogens (tertiary/aromatic N) is 1.